The van der Waals surface area contributed by atoms with Crippen molar-refractivity contribution in [3.8, 4) is 41.4 Å². The number of likely N-dealkylation sites (tertiary alicyclic amines) is 1. The number of nitrogens with zero attached hydrogens (tertiary/aromatic N) is 7. The van der Waals surface area contributed by atoms with Gasteiger partial charge in [-0.3, -0.25) is 24.3 Å². The van der Waals surface area contributed by atoms with Gasteiger partial charge in [0, 0.05) is 74.8 Å². The van der Waals surface area contributed by atoms with Crippen molar-refractivity contribution < 1.29 is 19.1 Å². The van der Waals surface area contributed by atoms with Crippen LogP contribution in [0, 0.1) is 19.8 Å². The molecule has 5 aromatic rings. The van der Waals surface area contributed by atoms with Gasteiger partial charge < -0.3 is 19.7 Å². The highest BCUT2D eigenvalue weighted by Gasteiger charge is 2.26. The predicted molar refractivity (Wildman–Crippen MR) is 207 cm³/mol. The van der Waals surface area contributed by atoms with E-state index >= 15 is 0 Å². The zero-order chi connectivity index (χ0) is 37.9. The van der Waals surface area contributed by atoms with Crippen LogP contribution < -0.4 is 10.1 Å². The minimum absolute atomic E-state index is 0.0848. The van der Waals surface area contributed by atoms with Crippen LogP contribution in [0.15, 0.2) is 66.9 Å². The molecular formula is C40H47N9O4. The standard InChI is InChI=1S/C22H29N5O2.C16H16N4O2.C2H2/c1-16-23-22(24-25(16)2)19-6-4-17(5-7-19)18-8-12-27(13-9-18)21(28)15-26-11-10-20(14-26)29-3;1-10(2)22-15-6-3-11(8-17-15)16-13-7-12(18-9-21)4-5-14(13)19-20-16;1-2/h4-8,20H,9-15H2,1-3H3;3-10H,1-2H3,(H,18,21)(H,19,20);1-2H/t20-;;/m0../s1. The van der Waals surface area contributed by atoms with Gasteiger partial charge in [0.05, 0.1) is 24.3 Å². The monoisotopic (exact) mass is 717 g/mol. The molecule has 1 atom stereocenters. The third-order valence-electron chi connectivity index (χ3n) is 9.13. The van der Waals surface area contributed by atoms with E-state index < -0.39 is 0 Å². The number of rotatable bonds is 10. The average molecular weight is 718 g/mol. The van der Waals surface area contributed by atoms with Gasteiger partial charge in [0.25, 0.3) is 0 Å². The van der Waals surface area contributed by atoms with E-state index in [9.17, 15) is 9.59 Å². The topological polar surface area (TPSA) is 143 Å². The van der Waals surface area contributed by atoms with Gasteiger partial charge in [-0.15, -0.1) is 12.8 Å². The number of H-pyrrole nitrogens is 1. The van der Waals surface area contributed by atoms with Crippen LogP contribution in [-0.2, 0) is 21.4 Å². The van der Waals surface area contributed by atoms with E-state index in [4.69, 9.17) is 9.47 Å². The second-order valence-electron chi connectivity index (χ2n) is 13.0. The van der Waals surface area contributed by atoms with Crippen molar-refractivity contribution in [1.82, 2.24) is 39.7 Å². The van der Waals surface area contributed by atoms with Gasteiger partial charge in [0.1, 0.15) is 11.5 Å². The first-order valence-corrected chi connectivity index (χ1v) is 17.6. The summed E-state index contributed by atoms with van der Waals surface area (Å²) in [5.41, 5.74) is 6.80. The van der Waals surface area contributed by atoms with Crippen LogP contribution in [0.2, 0.25) is 0 Å². The molecule has 13 nitrogen and oxygen atoms in total. The second-order valence-corrected chi connectivity index (χ2v) is 13.0. The summed E-state index contributed by atoms with van der Waals surface area (Å²) >= 11 is 0. The molecule has 2 aliphatic heterocycles. The third-order valence-corrected chi connectivity index (χ3v) is 9.13. The van der Waals surface area contributed by atoms with Crippen molar-refractivity contribution in [2.45, 2.75) is 45.8 Å². The van der Waals surface area contributed by atoms with Gasteiger partial charge in [-0.2, -0.15) is 10.2 Å². The molecule has 13 heteroatoms. The number of pyridine rings is 1. The van der Waals surface area contributed by atoms with Gasteiger partial charge in [-0.1, -0.05) is 30.3 Å². The van der Waals surface area contributed by atoms with E-state index in [1.54, 1.807) is 18.0 Å². The molecule has 7 rings (SSSR count). The van der Waals surface area contributed by atoms with Crippen LogP contribution in [0.5, 0.6) is 5.88 Å². The summed E-state index contributed by atoms with van der Waals surface area (Å²) in [7, 11) is 3.65. The Bertz CT molecular complexity index is 2010. The molecule has 1 fully saturated rings. The highest BCUT2D eigenvalue weighted by atomic mass is 16.5. The fraction of sp³-hybridized carbons (Fsp3) is 0.350. The van der Waals surface area contributed by atoms with E-state index in [0.717, 1.165) is 77.5 Å². The first kappa shape index (κ1) is 38.4. The van der Waals surface area contributed by atoms with Crippen molar-refractivity contribution in [1.29, 1.82) is 0 Å². The molecule has 2 aliphatic rings. The summed E-state index contributed by atoms with van der Waals surface area (Å²) in [6, 6.07) is 17.7. The Morgan fingerprint density at radius 2 is 1.83 bits per heavy atom. The number of hydrogen-bond acceptors (Lipinski definition) is 9. The number of benzene rings is 2. The number of carbonyl (C=O) groups excluding carboxylic acids is 2. The van der Waals surface area contributed by atoms with E-state index in [1.807, 2.05) is 63.1 Å². The SMILES string of the molecule is C#C.CC(C)Oc1ccc(-c2n[nH]c3ccc(NC=O)cc23)cn1.CO[C@H]1CCN(CC(=O)N2CC=C(c3ccc(-c4nc(C)n(C)n4)cc3)CC2)C1. The Kier molecular flexibility index (Phi) is 13.1. The number of anilines is 1. The maximum Gasteiger partial charge on any atom is 0.237 e. The molecule has 5 heterocycles. The minimum Gasteiger partial charge on any atom is -0.475 e. The summed E-state index contributed by atoms with van der Waals surface area (Å²) in [6.07, 6.45) is 14.8. The number of methoxy groups -OCH3 is 1. The van der Waals surface area contributed by atoms with E-state index in [-0.39, 0.29) is 18.1 Å². The number of aryl methyl sites for hydroxylation is 2. The van der Waals surface area contributed by atoms with Gasteiger partial charge in [0.15, 0.2) is 5.82 Å². The Hall–Kier alpha value is -5.84. The van der Waals surface area contributed by atoms with Crippen LogP contribution in [0.3, 0.4) is 0 Å². The Balaban J connectivity index is 0.000000202. The van der Waals surface area contributed by atoms with Gasteiger partial charge in [0.2, 0.25) is 18.2 Å². The lowest BCUT2D eigenvalue weighted by Gasteiger charge is -2.28. The van der Waals surface area contributed by atoms with Crippen LogP contribution in [0.4, 0.5) is 5.69 Å². The first-order chi connectivity index (χ1) is 25.7. The second kappa shape index (κ2) is 18.1. The summed E-state index contributed by atoms with van der Waals surface area (Å²) in [6.45, 7) is 9.60. The molecule has 53 heavy (non-hydrogen) atoms. The Labute approximate surface area is 310 Å². The van der Waals surface area contributed by atoms with Crippen molar-refractivity contribution in [3.05, 3.63) is 78.3 Å². The normalized spacial score (nSPS) is 15.6. The zero-order valence-electron chi connectivity index (χ0n) is 31.0. The van der Waals surface area contributed by atoms with E-state index in [0.29, 0.717) is 25.4 Å². The lowest BCUT2D eigenvalue weighted by Crippen LogP contribution is -2.41. The minimum atomic E-state index is 0.0848. The average Bonchev–Trinajstić information content (AvgIpc) is 3.91. The largest absolute Gasteiger partial charge is 0.475 e. The van der Waals surface area contributed by atoms with Crippen molar-refractivity contribution in [3.63, 3.8) is 0 Å². The van der Waals surface area contributed by atoms with Gasteiger partial charge in [-0.05, 0) is 69.0 Å². The molecule has 1 saturated heterocycles. The fourth-order valence-corrected chi connectivity index (χ4v) is 6.22. The number of nitrogens with one attached hydrogen (secondary N) is 2. The van der Waals surface area contributed by atoms with Crippen LogP contribution in [0.25, 0.3) is 39.1 Å². The highest BCUT2D eigenvalue weighted by Crippen LogP contribution is 2.29. The first-order valence-electron chi connectivity index (χ1n) is 17.6. The molecular weight excluding hydrogens is 670 g/mol. The maximum atomic E-state index is 12.6. The number of ether oxygens (including phenoxy) is 2. The summed E-state index contributed by atoms with van der Waals surface area (Å²) in [5, 5.41) is 15.3. The van der Waals surface area contributed by atoms with Crippen molar-refractivity contribution in [2.24, 2.45) is 7.05 Å². The number of terminal acetylenes is 1. The van der Waals surface area contributed by atoms with Crippen molar-refractivity contribution >= 4 is 34.5 Å². The Morgan fingerprint density at radius 3 is 2.43 bits per heavy atom. The number of hydrogen-bond donors (Lipinski definition) is 2. The molecule has 2 aromatic carbocycles. The van der Waals surface area contributed by atoms with E-state index in [2.05, 4.69) is 78.7 Å². The molecule has 0 spiro atoms. The number of carbonyl (C=O) groups is 2. The lowest BCUT2D eigenvalue weighted by atomic mass is 9.98. The molecule has 2 amide bonds. The molecule has 0 radical (unpaired) electrons. The molecule has 2 N–H and O–H groups in total. The lowest BCUT2D eigenvalue weighted by molar-refractivity contribution is -0.131. The summed E-state index contributed by atoms with van der Waals surface area (Å²) < 4.78 is 12.7. The van der Waals surface area contributed by atoms with Crippen LogP contribution in [0.1, 0.15) is 38.1 Å². The fourth-order valence-electron chi connectivity index (χ4n) is 6.22. The Morgan fingerprint density at radius 1 is 1.08 bits per heavy atom. The van der Waals surface area contributed by atoms with Crippen molar-refractivity contribution in [2.75, 3.05) is 45.2 Å². The number of amides is 2. The third kappa shape index (κ3) is 9.73. The number of aromatic amines is 1. The molecule has 3 aromatic heterocycles. The van der Waals surface area contributed by atoms with Gasteiger partial charge in [-0.25, -0.2) is 9.97 Å². The maximum absolute atomic E-state index is 12.6. The van der Waals surface area contributed by atoms with E-state index in [1.165, 1.54) is 11.1 Å². The quantitative estimate of drug-likeness (QED) is 0.144. The summed E-state index contributed by atoms with van der Waals surface area (Å²) in [5.74, 6) is 2.45. The van der Waals surface area contributed by atoms with Crippen LogP contribution in [-0.4, -0.2) is 104 Å². The highest BCUT2D eigenvalue weighted by molar-refractivity contribution is 5.95. The summed E-state index contributed by atoms with van der Waals surface area (Å²) in [4.78, 5) is 36.1. The number of aromatic nitrogens is 6. The van der Waals surface area contributed by atoms with Crippen LogP contribution >= 0.6 is 0 Å². The molecule has 0 unspecified atom stereocenters. The zero-order valence-corrected chi connectivity index (χ0v) is 31.0. The molecule has 0 saturated carbocycles. The molecule has 0 aliphatic carbocycles. The molecule has 0 bridgehead atoms. The smallest absolute Gasteiger partial charge is 0.237 e. The predicted octanol–water partition coefficient (Wildman–Crippen LogP) is 5.36. The number of fused-ring (bicyclic) bond motifs is 1. The van der Waals surface area contributed by atoms with Gasteiger partial charge >= 0.3 is 0 Å². The molecule has 276 valence electrons.